The lowest BCUT2D eigenvalue weighted by atomic mass is 10.2. The Labute approximate surface area is 79.5 Å². The average Bonchev–Trinajstić information content (AvgIpc) is 2.79. The second kappa shape index (κ2) is 3.66. The van der Waals surface area contributed by atoms with Crippen molar-refractivity contribution in [1.82, 2.24) is 10.2 Å². The van der Waals surface area contributed by atoms with Gasteiger partial charge in [-0.05, 0) is 25.7 Å². The van der Waals surface area contributed by atoms with E-state index in [1.165, 1.54) is 25.7 Å². The Morgan fingerprint density at radius 1 is 1.46 bits per heavy atom. The zero-order chi connectivity index (χ0) is 9.26. The van der Waals surface area contributed by atoms with Gasteiger partial charge >= 0.3 is 0 Å². The molecule has 3 nitrogen and oxygen atoms in total. The predicted molar refractivity (Wildman–Crippen MR) is 51.4 cm³/mol. The lowest BCUT2D eigenvalue weighted by Gasteiger charge is -2.23. The molecule has 1 amide bonds. The minimum absolute atomic E-state index is 0.236. The summed E-state index contributed by atoms with van der Waals surface area (Å²) in [5.74, 6) is 0.236. The van der Waals surface area contributed by atoms with E-state index >= 15 is 0 Å². The Bertz CT molecular complexity index is 201. The molecule has 0 aromatic heterocycles. The fourth-order valence-electron chi connectivity index (χ4n) is 2.05. The second-order valence-electron chi connectivity index (χ2n) is 4.19. The lowest BCUT2D eigenvalue weighted by molar-refractivity contribution is -0.129. The molecule has 0 aromatic rings. The smallest absolute Gasteiger partial charge is 0.219 e. The maximum atomic E-state index is 11.2. The Kier molecular flexibility index (Phi) is 2.54. The van der Waals surface area contributed by atoms with Crippen LogP contribution >= 0.6 is 0 Å². The first kappa shape index (κ1) is 9.00. The Balaban J connectivity index is 1.78. The third kappa shape index (κ3) is 2.21. The van der Waals surface area contributed by atoms with Crippen molar-refractivity contribution < 1.29 is 4.79 Å². The normalized spacial score (nSPS) is 28.1. The number of carbonyl (C=O) groups excluding carboxylic acids is 1. The molecule has 1 unspecified atom stereocenters. The summed E-state index contributed by atoms with van der Waals surface area (Å²) in [6.07, 6.45) is 5.01. The molecule has 2 aliphatic rings. The zero-order valence-corrected chi connectivity index (χ0v) is 8.25. The Morgan fingerprint density at radius 3 is 2.85 bits per heavy atom. The molecule has 1 aliphatic heterocycles. The van der Waals surface area contributed by atoms with Gasteiger partial charge in [0.15, 0.2) is 0 Å². The van der Waals surface area contributed by atoms with Crippen LogP contribution in [-0.2, 0) is 4.79 Å². The van der Waals surface area contributed by atoms with Crippen LogP contribution in [0, 0.1) is 0 Å². The average molecular weight is 182 g/mol. The fraction of sp³-hybridized carbons (Fsp3) is 0.900. The highest BCUT2D eigenvalue weighted by Crippen LogP contribution is 2.21. The monoisotopic (exact) mass is 182 g/mol. The minimum atomic E-state index is 0.236. The van der Waals surface area contributed by atoms with Crippen molar-refractivity contribution in [2.24, 2.45) is 0 Å². The molecule has 1 atom stereocenters. The van der Waals surface area contributed by atoms with Crippen LogP contribution < -0.4 is 5.32 Å². The first-order valence-corrected chi connectivity index (χ1v) is 5.28. The number of nitrogens with one attached hydrogen (secondary N) is 1. The van der Waals surface area contributed by atoms with E-state index in [0.717, 1.165) is 19.1 Å². The van der Waals surface area contributed by atoms with E-state index in [-0.39, 0.29) is 5.91 Å². The van der Waals surface area contributed by atoms with Crippen LogP contribution in [0.4, 0.5) is 0 Å². The fourth-order valence-corrected chi connectivity index (χ4v) is 2.05. The number of likely N-dealkylation sites (tertiary alicyclic amines) is 1. The summed E-state index contributed by atoms with van der Waals surface area (Å²) in [6.45, 7) is 3.64. The van der Waals surface area contributed by atoms with Crippen molar-refractivity contribution in [2.45, 2.75) is 44.7 Å². The first-order chi connectivity index (χ1) is 6.27. The summed E-state index contributed by atoms with van der Waals surface area (Å²) in [6, 6.07) is 1.23. The molecule has 0 bridgehead atoms. The third-order valence-electron chi connectivity index (χ3n) is 3.00. The molecule has 2 rings (SSSR count). The highest BCUT2D eigenvalue weighted by Gasteiger charge is 2.28. The lowest BCUT2D eigenvalue weighted by Crippen LogP contribution is -2.41. The third-order valence-corrected chi connectivity index (χ3v) is 3.00. The SMILES string of the molecule is CC(=O)N1CCCC1CNC1CC1. The van der Waals surface area contributed by atoms with E-state index in [1.54, 1.807) is 6.92 Å². The van der Waals surface area contributed by atoms with Crippen LogP contribution in [0.2, 0.25) is 0 Å². The van der Waals surface area contributed by atoms with Gasteiger partial charge in [-0.1, -0.05) is 0 Å². The van der Waals surface area contributed by atoms with E-state index in [1.807, 2.05) is 4.90 Å². The van der Waals surface area contributed by atoms with Crippen LogP contribution in [0.1, 0.15) is 32.6 Å². The number of amides is 1. The minimum Gasteiger partial charge on any atom is -0.339 e. The molecular weight excluding hydrogens is 164 g/mol. The van der Waals surface area contributed by atoms with Gasteiger partial charge in [0.05, 0.1) is 0 Å². The van der Waals surface area contributed by atoms with Crippen LogP contribution in [0.3, 0.4) is 0 Å². The maximum absolute atomic E-state index is 11.2. The second-order valence-corrected chi connectivity index (χ2v) is 4.19. The van der Waals surface area contributed by atoms with E-state index in [4.69, 9.17) is 0 Å². The predicted octanol–water partition coefficient (Wildman–Crippen LogP) is 0.749. The molecule has 0 radical (unpaired) electrons. The molecule has 74 valence electrons. The van der Waals surface area contributed by atoms with Crippen LogP contribution in [0.15, 0.2) is 0 Å². The molecule has 1 N–H and O–H groups in total. The largest absolute Gasteiger partial charge is 0.339 e. The van der Waals surface area contributed by atoms with Gasteiger partial charge in [-0.15, -0.1) is 0 Å². The topological polar surface area (TPSA) is 32.3 Å². The molecule has 13 heavy (non-hydrogen) atoms. The first-order valence-electron chi connectivity index (χ1n) is 5.28. The molecule has 1 aliphatic carbocycles. The van der Waals surface area contributed by atoms with E-state index in [2.05, 4.69) is 5.32 Å². The quantitative estimate of drug-likeness (QED) is 0.698. The Morgan fingerprint density at radius 2 is 2.23 bits per heavy atom. The van der Waals surface area contributed by atoms with Crippen LogP contribution in [0.25, 0.3) is 0 Å². The van der Waals surface area contributed by atoms with Gasteiger partial charge in [-0.3, -0.25) is 4.79 Å². The van der Waals surface area contributed by atoms with Crippen molar-refractivity contribution in [3.05, 3.63) is 0 Å². The number of carbonyl (C=O) groups is 1. The molecule has 1 saturated heterocycles. The molecule has 1 saturated carbocycles. The van der Waals surface area contributed by atoms with Crippen LogP contribution in [-0.4, -0.2) is 36.0 Å². The van der Waals surface area contributed by atoms with E-state index in [0.29, 0.717) is 6.04 Å². The van der Waals surface area contributed by atoms with Crippen molar-refractivity contribution in [3.63, 3.8) is 0 Å². The van der Waals surface area contributed by atoms with Crippen LogP contribution in [0.5, 0.6) is 0 Å². The van der Waals surface area contributed by atoms with Gasteiger partial charge in [0.1, 0.15) is 0 Å². The van der Waals surface area contributed by atoms with Gasteiger partial charge < -0.3 is 10.2 Å². The summed E-state index contributed by atoms with van der Waals surface area (Å²) >= 11 is 0. The highest BCUT2D eigenvalue weighted by atomic mass is 16.2. The van der Waals surface area contributed by atoms with Crippen molar-refractivity contribution >= 4 is 5.91 Å². The van der Waals surface area contributed by atoms with Gasteiger partial charge in [-0.25, -0.2) is 0 Å². The Hall–Kier alpha value is -0.570. The zero-order valence-electron chi connectivity index (χ0n) is 8.25. The van der Waals surface area contributed by atoms with Crippen molar-refractivity contribution in [3.8, 4) is 0 Å². The number of hydrogen-bond donors (Lipinski definition) is 1. The summed E-state index contributed by atoms with van der Waals surface area (Å²) in [5.41, 5.74) is 0. The number of rotatable bonds is 3. The van der Waals surface area contributed by atoms with Gasteiger partial charge in [0.2, 0.25) is 5.91 Å². The summed E-state index contributed by atoms with van der Waals surface area (Å²) in [7, 11) is 0. The summed E-state index contributed by atoms with van der Waals surface area (Å²) in [4.78, 5) is 13.2. The molecule has 1 heterocycles. The highest BCUT2D eigenvalue weighted by molar-refractivity contribution is 5.73. The summed E-state index contributed by atoms with van der Waals surface area (Å²) in [5, 5.41) is 3.49. The maximum Gasteiger partial charge on any atom is 0.219 e. The summed E-state index contributed by atoms with van der Waals surface area (Å²) < 4.78 is 0. The van der Waals surface area contributed by atoms with E-state index < -0.39 is 0 Å². The van der Waals surface area contributed by atoms with Gasteiger partial charge in [0, 0.05) is 32.1 Å². The van der Waals surface area contributed by atoms with E-state index in [9.17, 15) is 4.79 Å². The van der Waals surface area contributed by atoms with Gasteiger partial charge in [0.25, 0.3) is 0 Å². The van der Waals surface area contributed by atoms with Crippen molar-refractivity contribution in [1.29, 1.82) is 0 Å². The number of nitrogens with zero attached hydrogens (tertiary/aromatic N) is 1. The molecule has 3 heteroatoms. The standard InChI is InChI=1S/C10H18N2O/c1-8(13)12-6-2-3-10(12)7-11-9-4-5-9/h9-11H,2-7H2,1H3. The van der Waals surface area contributed by atoms with Gasteiger partial charge in [-0.2, -0.15) is 0 Å². The molecule has 0 spiro atoms. The van der Waals surface area contributed by atoms with Crippen molar-refractivity contribution in [2.75, 3.05) is 13.1 Å². The molecular formula is C10H18N2O. The molecule has 2 fully saturated rings. The molecule has 0 aromatic carbocycles. The number of hydrogen-bond acceptors (Lipinski definition) is 2.